The van der Waals surface area contributed by atoms with E-state index in [4.69, 9.17) is 5.11 Å². The highest BCUT2D eigenvalue weighted by Crippen LogP contribution is 2.34. The van der Waals surface area contributed by atoms with Crippen molar-refractivity contribution in [3.05, 3.63) is 28.3 Å². The van der Waals surface area contributed by atoms with Gasteiger partial charge in [-0.25, -0.2) is 8.42 Å². The smallest absolute Gasteiger partial charge is 0.306 e. The molecule has 10 heteroatoms. The molecule has 1 saturated heterocycles. The van der Waals surface area contributed by atoms with Crippen LogP contribution in [0, 0.1) is 16.0 Å². The van der Waals surface area contributed by atoms with Gasteiger partial charge >= 0.3 is 5.97 Å². The van der Waals surface area contributed by atoms with Crippen LogP contribution in [0.25, 0.3) is 0 Å². The molecule has 1 aliphatic rings. The van der Waals surface area contributed by atoms with E-state index in [0.29, 0.717) is 31.6 Å². The molecule has 0 aliphatic carbocycles. The molecule has 0 radical (unpaired) electrons. The lowest BCUT2D eigenvalue weighted by molar-refractivity contribution is -0.384. The summed E-state index contributed by atoms with van der Waals surface area (Å²) in [6, 6.07) is 3.90. The summed E-state index contributed by atoms with van der Waals surface area (Å²) < 4.78 is 26.4. The Morgan fingerprint density at radius 3 is 2.35 bits per heavy atom. The second-order valence-corrected chi connectivity index (χ2v) is 8.03. The van der Waals surface area contributed by atoms with E-state index in [-0.39, 0.29) is 23.7 Å². The largest absolute Gasteiger partial charge is 0.481 e. The quantitative estimate of drug-likeness (QED) is 0.562. The van der Waals surface area contributed by atoms with Crippen molar-refractivity contribution < 1.29 is 23.2 Å². The molecule has 0 spiro atoms. The summed E-state index contributed by atoms with van der Waals surface area (Å²) in [6.07, 6.45) is 0.790. The fourth-order valence-corrected chi connectivity index (χ4v) is 4.64. The number of hydrogen-bond donors (Lipinski definition) is 1. The normalized spacial score (nSPS) is 16.0. The zero-order valence-corrected chi connectivity index (χ0v) is 15.6. The molecule has 1 aromatic carbocycles. The highest BCUT2D eigenvalue weighted by Gasteiger charge is 2.30. The number of rotatable bonds is 7. The molecule has 1 aliphatic heterocycles. The predicted molar refractivity (Wildman–Crippen MR) is 95.8 cm³/mol. The number of piperidine rings is 1. The third-order valence-corrected chi connectivity index (χ3v) is 6.72. The Hall–Kier alpha value is -2.20. The summed E-state index contributed by atoms with van der Waals surface area (Å²) in [5, 5.41) is 20.6. The van der Waals surface area contributed by atoms with Gasteiger partial charge < -0.3 is 10.0 Å². The van der Waals surface area contributed by atoms with E-state index in [0.717, 1.165) is 6.07 Å². The summed E-state index contributed by atoms with van der Waals surface area (Å²) in [7, 11) is -3.79. The van der Waals surface area contributed by atoms with E-state index in [9.17, 15) is 23.3 Å². The summed E-state index contributed by atoms with van der Waals surface area (Å²) in [5.74, 6) is -1.31. The molecule has 1 aromatic rings. The minimum atomic E-state index is -3.79. The van der Waals surface area contributed by atoms with E-state index < -0.39 is 26.8 Å². The molecule has 0 bridgehead atoms. The minimum Gasteiger partial charge on any atom is -0.481 e. The van der Waals surface area contributed by atoms with Crippen LogP contribution < -0.4 is 4.90 Å². The van der Waals surface area contributed by atoms with Crippen LogP contribution in [0.15, 0.2) is 23.1 Å². The van der Waals surface area contributed by atoms with Crippen LogP contribution in [-0.4, -0.2) is 54.9 Å². The molecule has 26 heavy (non-hydrogen) atoms. The van der Waals surface area contributed by atoms with E-state index >= 15 is 0 Å². The molecule has 0 saturated carbocycles. The molecule has 1 fully saturated rings. The van der Waals surface area contributed by atoms with Crippen LogP contribution in [-0.2, 0) is 14.8 Å². The van der Waals surface area contributed by atoms with Crippen LogP contribution in [0.1, 0.15) is 26.7 Å². The van der Waals surface area contributed by atoms with Crippen LogP contribution in [0.2, 0.25) is 0 Å². The maximum Gasteiger partial charge on any atom is 0.306 e. The van der Waals surface area contributed by atoms with Gasteiger partial charge in [-0.3, -0.25) is 14.9 Å². The molecule has 1 N–H and O–H groups in total. The first-order chi connectivity index (χ1) is 12.2. The Bertz CT molecular complexity index is 783. The minimum absolute atomic E-state index is 0.114. The van der Waals surface area contributed by atoms with Gasteiger partial charge in [0.1, 0.15) is 5.69 Å². The zero-order chi connectivity index (χ0) is 19.5. The number of carboxylic acids is 1. The van der Waals surface area contributed by atoms with Gasteiger partial charge in [0, 0.05) is 32.2 Å². The Labute approximate surface area is 152 Å². The lowest BCUT2D eigenvalue weighted by Gasteiger charge is -2.31. The SMILES string of the molecule is CCN(CC)S(=O)(=O)c1ccc(N2CCC(C(=O)O)CC2)c([N+](=O)[O-])c1. The fourth-order valence-electron chi connectivity index (χ4n) is 3.16. The van der Waals surface area contributed by atoms with E-state index in [1.807, 2.05) is 0 Å². The molecule has 2 rings (SSSR count). The van der Waals surface area contributed by atoms with E-state index in [1.165, 1.54) is 16.4 Å². The molecule has 0 aromatic heterocycles. The third-order valence-electron chi connectivity index (χ3n) is 4.67. The summed E-state index contributed by atoms with van der Waals surface area (Å²) in [5.41, 5.74) is 0.0318. The average Bonchev–Trinajstić information content (AvgIpc) is 2.62. The Morgan fingerprint density at radius 2 is 1.88 bits per heavy atom. The van der Waals surface area contributed by atoms with E-state index in [2.05, 4.69) is 0 Å². The number of hydrogen-bond acceptors (Lipinski definition) is 6. The first-order valence-corrected chi connectivity index (χ1v) is 9.92. The molecular weight excluding hydrogens is 362 g/mol. The van der Waals surface area contributed by atoms with Crippen molar-refractivity contribution in [2.45, 2.75) is 31.6 Å². The summed E-state index contributed by atoms with van der Waals surface area (Å²) >= 11 is 0. The lowest BCUT2D eigenvalue weighted by Crippen LogP contribution is -2.36. The number of anilines is 1. The topological polar surface area (TPSA) is 121 Å². The van der Waals surface area contributed by atoms with Crippen molar-refractivity contribution in [2.24, 2.45) is 5.92 Å². The van der Waals surface area contributed by atoms with Crippen molar-refractivity contribution in [3.8, 4) is 0 Å². The van der Waals surface area contributed by atoms with Crippen LogP contribution in [0.5, 0.6) is 0 Å². The fraction of sp³-hybridized carbons (Fsp3) is 0.562. The number of nitro benzene ring substituents is 1. The van der Waals surface area contributed by atoms with E-state index in [1.54, 1.807) is 18.7 Å². The van der Waals surface area contributed by atoms with Gasteiger partial charge in [-0.2, -0.15) is 4.31 Å². The second kappa shape index (κ2) is 8.00. The van der Waals surface area contributed by atoms with Gasteiger partial charge in [0.2, 0.25) is 10.0 Å². The highest BCUT2D eigenvalue weighted by molar-refractivity contribution is 7.89. The molecular formula is C16H23N3O6S. The first-order valence-electron chi connectivity index (χ1n) is 8.48. The number of benzene rings is 1. The number of nitrogens with zero attached hydrogens (tertiary/aromatic N) is 3. The summed E-state index contributed by atoms with van der Waals surface area (Å²) in [4.78, 5) is 23.6. The summed E-state index contributed by atoms with van der Waals surface area (Å²) in [6.45, 7) is 4.71. The van der Waals surface area contributed by atoms with Gasteiger partial charge in [0.25, 0.3) is 5.69 Å². The maximum absolute atomic E-state index is 12.6. The first kappa shape index (κ1) is 20.1. The zero-order valence-electron chi connectivity index (χ0n) is 14.8. The number of carboxylic acid groups (broad SMARTS) is 1. The molecule has 144 valence electrons. The molecule has 0 atom stereocenters. The lowest BCUT2D eigenvalue weighted by atomic mass is 9.96. The molecule has 9 nitrogen and oxygen atoms in total. The van der Waals surface area contributed by atoms with Crippen molar-refractivity contribution in [2.75, 3.05) is 31.1 Å². The standard InChI is InChI=1S/C16H23N3O6S/c1-3-18(4-2)26(24,25)13-5-6-14(15(11-13)19(22)23)17-9-7-12(8-10-17)16(20)21/h5-6,11-12H,3-4,7-10H2,1-2H3,(H,20,21). The number of sulfonamides is 1. The average molecular weight is 385 g/mol. The van der Waals surface area contributed by atoms with Gasteiger partial charge in [0.05, 0.1) is 15.7 Å². The van der Waals surface area contributed by atoms with Crippen molar-refractivity contribution in [3.63, 3.8) is 0 Å². The third kappa shape index (κ3) is 3.96. The van der Waals surface area contributed by atoms with Crippen LogP contribution >= 0.6 is 0 Å². The Balaban J connectivity index is 2.36. The predicted octanol–water partition coefficient (Wildman–Crippen LogP) is 1.93. The van der Waals surface area contributed by atoms with Crippen LogP contribution in [0.4, 0.5) is 11.4 Å². The number of carbonyl (C=O) groups is 1. The Morgan fingerprint density at radius 1 is 1.31 bits per heavy atom. The van der Waals surface area contributed by atoms with Gasteiger partial charge in [-0.15, -0.1) is 0 Å². The molecule has 1 heterocycles. The van der Waals surface area contributed by atoms with Crippen molar-refractivity contribution in [1.29, 1.82) is 0 Å². The number of nitro groups is 1. The van der Waals surface area contributed by atoms with Gasteiger partial charge in [-0.05, 0) is 25.0 Å². The maximum atomic E-state index is 12.6. The monoisotopic (exact) mass is 385 g/mol. The molecule has 0 unspecified atom stereocenters. The Kier molecular flexibility index (Phi) is 6.19. The van der Waals surface area contributed by atoms with Crippen LogP contribution in [0.3, 0.4) is 0 Å². The highest BCUT2D eigenvalue weighted by atomic mass is 32.2. The second-order valence-electron chi connectivity index (χ2n) is 6.10. The van der Waals surface area contributed by atoms with Crippen molar-refractivity contribution in [1.82, 2.24) is 4.31 Å². The molecule has 0 amide bonds. The number of aliphatic carboxylic acids is 1. The van der Waals surface area contributed by atoms with Crippen molar-refractivity contribution >= 4 is 27.4 Å². The van der Waals surface area contributed by atoms with Gasteiger partial charge in [0.15, 0.2) is 0 Å². The van der Waals surface area contributed by atoms with Gasteiger partial charge in [-0.1, -0.05) is 13.8 Å².